The Bertz CT molecular complexity index is 1380. The van der Waals surface area contributed by atoms with Gasteiger partial charge in [-0.2, -0.15) is 4.98 Å². The van der Waals surface area contributed by atoms with Gasteiger partial charge in [0.2, 0.25) is 11.5 Å². The summed E-state index contributed by atoms with van der Waals surface area (Å²) in [4.78, 5) is 20.0. The van der Waals surface area contributed by atoms with Crippen LogP contribution in [0.5, 0.6) is 5.75 Å². The smallest absolute Gasteiger partial charge is 0.306 e. The summed E-state index contributed by atoms with van der Waals surface area (Å²) in [5.74, 6) is 1.09. The number of rotatable bonds is 8. The Morgan fingerprint density at radius 2 is 2.06 bits per heavy atom. The van der Waals surface area contributed by atoms with E-state index in [1.807, 2.05) is 49.9 Å². The number of aryl methyl sites for hydroxylation is 2. The first-order valence-electron chi connectivity index (χ1n) is 11.2. The fourth-order valence-electron chi connectivity index (χ4n) is 3.89. The van der Waals surface area contributed by atoms with Crippen LogP contribution < -0.4 is 4.74 Å². The number of esters is 1. The van der Waals surface area contributed by atoms with E-state index >= 15 is 0 Å². The fraction of sp³-hybridized carbons (Fsp3) is 0.308. The van der Waals surface area contributed by atoms with Crippen molar-refractivity contribution in [3.63, 3.8) is 0 Å². The molecule has 2 heterocycles. The molecular formula is C26H26N4O4. The second-order valence-corrected chi connectivity index (χ2v) is 8.15. The van der Waals surface area contributed by atoms with E-state index in [-0.39, 0.29) is 12.1 Å². The molecule has 8 heteroatoms. The van der Waals surface area contributed by atoms with Crippen molar-refractivity contribution in [1.29, 1.82) is 0 Å². The zero-order valence-corrected chi connectivity index (χ0v) is 19.7. The van der Waals surface area contributed by atoms with E-state index in [1.165, 1.54) is 0 Å². The van der Waals surface area contributed by atoms with Crippen molar-refractivity contribution < 1.29 is 18.8 Å². The largest absolute Gasteiger partial charge is 0.502 e. The summed E-state index contributed by atoms with van der Waals surface area (Å²) in [6, 6.07) is 11.2. The van der Waals surface area contributed by atoms with Gasteiger partial charge in [-0.1, -0.05) is 11.2 Å². The molecule has 34 heavy (non-hydrogen) atoms. The molecule has 0 aliphatic heterocycles. The second-order valence-electron chi connectivity index (χ2n) is 8.15. The van der Waals surface area contributed by atoms with E-state index in [4.69, 9.17) is 20.6 Å². The number of hydrogen-bond donors (Lipinski definition) is 0. The molecule has 4 rings (SSSR count). The van der Waals surface area contributed by atoms with E-state index < -0.39 is 0 Å². The van der Waals surface area contributed by atoms with Crippen molar-refractivity contribution in [1.82, 2.24) is 14.7 Å². The van der Waals surface area contributed by atoms with Gasteiger partial charge in [0.1, 0.15) is 5.75 Å². The van der Waals surface area contributed by atoms with Gasteiger partial charge in [0.15, 0.2) is 0 Å². The van der Waals surface area contributed by atoms with Crippen LogP contribution in [-0.4, -0.2) is 33.4 Å². The Kier molecular flexibility index (Phi) is 6.64. The van der Waals surface area contributed by atoms with Crippen molar-refractivity contribution >= 4 is 22.6 Å². The maximum absolute atomic E-state index is 11.8. The highest BCUT2D eigenvalue weighted by Gasteiger charge is 2.18. The fourth-order valence-corrected chi connectivity index (χ4v) is 3.89. The Morgan fingerprint density at radius 1 is 1.24 bits per heavy atom. The topological polar surface area (TPSA) is 83.7 Å². The van der Waals surface area contributed by atoms with Crippen molar-refractivity contribution in [2.75, 3.05) is 6.61 Å². The molecule has 0 bridgehead atoms. The number of nitrogens with zero attached hydrogens (tertiary/aromatic N) is 4. The van der Waals surface area contributed by atoms with E-state index in [9.17, 15) is 4.79 Å². The molecule has 8 nitrogen and oxygen atoms in total. The van der Waals surface area contributed by atoms with Crippen LogP contribution in [-0.2, 0) is 23.0 Å². The maximum Gasteiger partial charge on any atom is 0.306 e. The molecule has 0 N–H and O–H groups in total. The molecule has 2 aromatic carbocycles. The first-order chi connectivity index (χ1) is 16.4. The number of carbonyl (C=O) groups excluding carboxylic acids is 1. The number of carbonyl (C=O) groups is 1. The highest BCUT2D eigenvalue weighted by Crippen LogP contribution is 2.35. The summed E-state index contributed by atoms with van der Waals surface area (Å²) < 4.78 is 18.3. The molecular weight excluding hydrogens is 432 g/mol. The lowest BCUT2D eigenvalue weighted by Gasteiger charge is -2.11. The van der Waals surface area contributed by atoms with Crippen LogP contribution in [0.25, 0.3) is 38.6 Å². The minimum absolute atomic E-state index is 0.0330. The minimum atomic E-state index is -0.206. The third-order valence-electron chi connectivity index (χ3n) is 5.38. The van der Waals surface area contributed by atoms with Gasteiger partial charge in [0.25, 0.3) is 5.89 Å². The van der Waals surface area contributed by atoms with E-state index in [1.54, 1.807) is 25.1 Å². The monoisotopic (exact) mass is 458 g/mol. The van der Waals surface area contributed by atoms with Crippen LogP contribution in [0.15, 0.2) is 47.1 Å². The Hall–Kier alpha value is -4.12. The first kappa shape index (κ1) is 23.1. The average Bonchev–Trinajstić information content (AvgIpc) is 3.46. The molecule has 0 fully saturated rings. The van der Waals surface area contributed by atoms with Crippen molar-refractivity contribution in [2.24, 2.45) is 7.05 Å². The molecule has 0 atom stereocenters. The normalized spacial score (nSPS) is 11.1. The van der Waals surface area contributed by atoms with Crippen LogP contribution in [0.2, 0.25) is 0 Å². The van der Waals surface area contributed by atoms with Crippen LogP contribution >= 0.6 is 0 Å². The van der Waals surface area contributed by atoms with Gasteiger partial charge in [-0.3, -0.25) is 4.79 Å². The predicted molar refractivity (Wildman–Crippen MR) is 129 cm³/mol. The van der Waals surface area contributed by atoms with Gasteiger partial charge in [-0.15, -0.1) is 0 Å². The summed E-state index contributed by atoms with van der Waals surface area (Å²) in [5, 5.41) is 5.23. The summed E-state index contributed by atoms with van der Waals surface area (Å²) in [6.45, 7) is 13.5. The number of hydrogen-bond acceptors (Lipinski definition) is 6. The van der Waals surface area contributed by atoms with Gasteiger partial charge in [-0.05, 0) is 63.1 Å². The molecule has 174 valence electrons. The quantitative estimate of drug-likeness (QED) is 0.248. The Balaban J connectivity index is 1.66. The highest BCUT2D eigenvalue weighted by molar-refractivity contribution is 5.95. The maximum atomic E-state index is 11.8. The molecule has 2 aromatic heterocycles. The average molecular weight is 459 g/mol. The van der Waals surface area contributed by atoms with Crippen molar-refractivity contribution in [3.05, 3.63) is 59.6 Å². The third-order valence-corrected chi connectivity index (χ3v) is 5.38. The lowest BCUT2D eigenvalue weighted by Crippen LogP contribution is -2.05. The van der Waals surface area contributed by atoms with Crippen LogP contribution in [0, 0.1) is 6.57 Å². The van der Waals surface area contributed by atoms with Gasteiger partial charge in [0.05, 0.1) is 24.8 Å². The molecule has 0 saturated heterocycles. The van der Waals surface area contributed by atoms with Gasteiger partial charge < -0.3 is 18.6 Å². The second kappa shape index (κ2) is 9.79. The summed E-state index contributed by atoms with van der Waals surface area (Å²) in [6.07, 6.45) is 2.85. The van der Waals surface area contributed by atoms with Crippen LogP contribution in [0.4, 0.5) is 5.69 Å². The molecule has 4 aromatic rings. The van der Waals surface area contributed by atoms with Gasteiger partial charge in [-0.25, -0.2) is 4.85 Å². The van der Waals surface area contributed by atoms with Gasteiger partial charge >= 0.3 is 5.97 Å². The third kappa shape index (κ3) is 4.64. The van der Waals surface area contributed by atoms with Crippen molar-refractivity contribution in [2.45, 2.75) is 39.7 Å². The molecule has 0 aliphatic carbocycles. The number of benzene rings is 2. The molecule has 0 amide bonds. The first-order valence-corrected chi connectivity index (χ1v) is 11.2. The highest BCUT2D eigenvalue weighted by atomic mass is 16.5. The van der Waals surface area contributed by atoms with E-state index in [2.05, 4.69) is 15.0 Å². The summed E-state index contributed by atoms with van der Waals surface area (Å²) >= 11 is 0. The number of aromatic nitrogens is 3. The van der Waals surface area contributed by atoms with Crippen LogP contribution in [0.3, 0.4) is 0 Å². The molecule has 0 aliphatic rings. The standard InChI is InChI=1S/C26H26N4O4/c1-6-32-23(31)12-9-17-7-10-20(24-19(17)13-14-30(24)5)25-28-26(34-29-25)18-8-11-22(33-16(2)3)21(15-18)27-4/h7-8,10-11,13-16H,6,9,12H2,1-3,5H3. The predicted octanol–water partition coefficient (Wildman–Crippen LogP) is 5.73. The van der Waals surface area contributed by atoms with Gasteiger partial charge in [0, 0.05) is 36.2 Å². The van der Waals surface area contributed by atoms with E-state index in [0.29, 0.717) is 48.2 Å². The summed E-state index contributed by atoms with van der Waals surface area (Å²) in [7, 11) is 1.96. The Labute approximate surface area is 197 Å². The van der Waals surface area contributed by atoms with E-state index in [0.717, 1.165) is 22.0 Å². The van der Waals surface area contributed by atoms with Crippen LogP contribution in [0.1, 0.15) is 32.8 Å². The number of fused-ring (bicyclic) bond motifs is 1. The Morgan fingerprint density at radius 3 is 2.79 bits per heavy atom. The zero-order chi connectivity index (χ0) is 24.2. The summed E-state index contributed by atoms with van der Waals surface area (Å²) in [5.41, 5.74) is 3.87. The molecule has 0 spiro atoms. The SMILES string of the molecule is [C-]#[N+]c1cc(-c2nc(-c3ccc(CCC(=O)OCC)c4ccn(C)c34)no2)ccc1OC(C)C. The van der Waals surface area contributed by atoms with Crippen molar-refractivity contribution in [3.8, 4) is 28.6 Å². The molecule has 0 unspecified atom stereocenters. The molecule has 0 saturated carbocycles. The molecule has 0 radical (unpaired) electrons. The zero-order valence-electron chi connectivity index (χ0n) is 19.7. The minimum Gasteiger partial charge on any atom is -0.502 e. The lowest BCUT2D eigenvalue weighted by molar-refractivity contribution is -0.143. The number of ether oxygens (including phenoxy) is 2. The lowest BCUT2D eigenvalue weighted by atomic mass is 10.0.